The molecule has 1 spiro atoms. The highest BCUT2D eigenvalue weighted by Gasteiger charge is 2.62. The molecule has 0 saturated carbocycles. The third kappa shape index (κ3) is 3.70. The number of allylic oxidation sites excluding steroid dienone is 1. The van der Waals surface area contributed by atoms with Gasteiger partial charge >= 0.3 is 0 Å². The van der Waals surface area contributed by atoms with Crippen molar-refractivity contribution in [2.75, 3.05) is 32.8 Å². The Hall–Kier alpha value is -1.85. The highest BCUT2D eigenvalue weighted by Crippen LogP contribution is 2.54. The second-order valence-electron chi connectivity index (χ2n) is 8.68. The van der Waals surface area contributed by atoms with E-state index in [1.54, 1.807) is 0 Å². The first kappa shape index (κ1) is 19.5. The van der Waals surface area contributed by atoms with E-state index >= 15 is 0 Å². The Morgan fingerprint density at radius 2 is 2.29 bits per heavy atom. The molecule has 4 atom stereocenters. The maximum atomic E-state index is 12.7. The van der Waals surface area contributed by atoms with Gasteiger partial charge in [-0.15, -0.1) is 0 Å². The van der Waals surface area contributed by atoms with Crippen LogP contribution >= 0.6 is 0 Å². The van der Waals surface area contributed by atoms with Crippen molar-refractivity contribution in [3.8, 4) is 5.75 Å². The molecule has 152 valence electrons. The van der Waals surface area contributed by atoms with Crippen molar-refractivity contribution >= 4 is 5.91 Å². The summed E-state index contributed by atoms with van der Waals surface area (Å²) in [5.74, 6) is 1.64. The van der Waals surface area contributed by atoms with Crippen LogP contribution in [0.2, 0.25) is 0 Å². The minimum atomic E-state index is -0.0298. The van der Waals surface area contributed by atoms with Crippen molar-refractivity contribution in [3.05, 3.63) is 41.5 Å². The summed E-state index contributed by atoms with van der Waals surface area (Å²) in [6.07, 6.45) is 4.87. The molecule has 4 rings (SSSR count). The van der Waals surface area contributed by atoms with Crippen LogP contribution in [0.4, 0.5) is 0 Å². The molecule has 2 bridgehead atoms. The molecule has 1 N–H and O–H groups in total. The number of likely N-dealkylation sites (tertiary alicyclic amines) is 1. The summed E-state index contributed by atoms with van der Waals surface area (Å²) in [5.41, 5.74) is 2.03. The lowest BCUT2D eigenvalue weighted by atomic mass is 9.73. The summed E-state index contributed by atoms with van der Waals surface area (Å²) in [7, 11) is 0. The SMILES string of the molecule is CCOc1cccc(C(=O)NC[C@H]2[C@H]3CN(CC=C(C)C)C[C@]34CC[C@H]2O4)c1. The number of fused-ring (bicyclic) bond motifs is 1. The molecule has 0 aromatic heterocycles. The number of nitrogens with zero attached hydrogens (tertiary/aromatic N) is 1. The van der Waals surface area contributed by atoms with E-state index in [9.17, 15) is 4.79 Å². The number of hydrogen-bond acceptors (Lipinski definition) is 4. The zero-order valence-corrected chi connectivity index (χ0v) is 17.2. The molecule has 1 aromatic carbocycles. The molecular formula is C23H32N2O3. The average Bonchev–Trinajstić information content (AvgIpc) is 3.33. The first-order chi connectivity index (χ1) is 13.5. The van der Waals surface area contributed by atoms with Gasteiger partial charge in [-0.25, -0.2) is 0 Å². The highest BCUT2D eigenvalue weighted by molar-refractivity contribution is 5.94. The summed E-state index contributed by atoms with van der Waals surface area (Å²) in [4.78, 5) is 15.2. The Bertz CT molecular complexity index is 758. The summed E-state index contributed by atoms with van der Waals surface area (Å²) in [6, 6.07) is 7.41. The summed E-state index contributed by atoms with van der Waals surface area (Å²) in [6.45, 7) is 10.6. The second-order valence-corrected chi connectivity index (χ2v) is 8.68. The van der Waals surface area contributed by atoms with Crippen LogP contribution in [0.1, 0.15) is 44.0 Å². The molecule has 5 nitrogen and oxygen atoms in total. The Labute approximate surface area is 168 Å². The number of nitrogens with one attached hydrogen (secondary N) is 1. The van der Waals surface area contributed by atoms with Crippen LogP contribution in [-0.4, -0.2) is 55.3 Å². The van der Waals surface area contributed by atoms with E-state index < -0.39 is 0 Å². The normalized spacial score (nSPS) is 30.9. The van der Waals surface area contributed by atoms with E-state index in [0.717, 1.165) is 38.2 Å². The Morgan fingerprint density at radius 1 is 1.43 bits per heavy atom. The van der Waals surface area contributed by atoms with Crippen LogP contribution < -0.4 is 10.1 Å². The van der Waals surface area contributed by atoms with Crippen molar-refractivity contribution in [2.24, 2.45) is 11.8 Å². The van der Waals surface area contributed by atoms with Crippen molar-refractivity contribution < 1.29 is 14.3 Å². The number of carbonyl (C=O) groups excluding carboxylic acids is 1. The zero-order valence-electron chi connectivity index (χ0n) is 17.2. The standard InChI is InChI=1S/C23H32N2O3/c1-4-27-18-7-5-6-17(12-18)22(26)24-13-19-20-14-25(11-9-16(2)3)15-23(20)10-8-21(19)28-23/h5-7,9,12,19-21H,4,8,10-11,13-15H2,1-3H3,(H,24,26)/t19-,20+,21+,23+/m0/s1. The molecule has 3 aliphatic heterocycles. The highest BCUT2D eigenvalue weighted by atomic mass is 16.5. The monoisotopic (exact) mass is 384 g/mol. The predicted molar refractivity (Wildman–Crippen MR) is 110 cm³/mol. The maximum absolute atomic E-state index is 12.7. The minimum absolute atomic E-state index is 0.0183. The second kappa shape index (κ2) is 7.88. The topological polar surface area (TPSA) is 50.8 Å². The molecule has 28 heavy (non-hydrogen) atoms. The van der Waals surface area contributed by atoms with Crippen molar-refractivity contribution in [1.82, 2.24) is 10.2 Å². The van der Waals surface area contributed by atoms with Gasteiger partial charge < -0.3 is 14.8 Å². The van der Waals surface area contributed by atoms with Crippen molar-refractivity contribution in [3.63, 3.8) is 0 Å². The van der Waals surface area contributed by atoms with Gasteiger partial charge in [0.05, 0.1) is 18.3 Å². The summed E-state index contributed by atoms with van der Waals surface area (Å²) < 4.78 is 12.0. The van der Waals surface area contributed by atoms with E-state index in [1.807, 2.05) is 31.2 Å². The maximum Gasteiger partial charge on any atom is 0.251 e. The van der Waals surface area contributed by atoms with Crippen LogP contribution in [0.15, 0.2) is 35.9 Å². The lowest BCUT2D eigenvalue weighted by molar-refractivity contribution is 0.00364. The molecule has 3 fully saturated rings. The van der Waals surface area contributed by atoms with Gasteiger partial charge in [0.2, 0.25) is 0 Å². The third-order valence-corrected chi connectivity index (χ3v) is 6.52. The van der Waals surface area contributed by atoms with E-state index in [-0.39, 0.29) is 11.5 Å². The Balaban J connectivity index is 1.38. The smallest absolute Gasteiger partial charge is 0.251 e. The van der Waals surface area contributed by atoms with Crippen LogP contribution in [0.3, 0.4) is 0 Å². The number of amides is 1. The van der Waals surface area contributed by atoms with Crippen LogP contribution in [0.5, 0.6) is 5.75 Å². The Kier molecular flexibility index (Phi) is 5.48. The van der Waals surface area contributed by atoms with Gasteiger partial charge in [-0.3, -0.25) is 9.69 Å². The van der Waals surface area contributed by atoms with Gasteiger partial charge in [-0.2, -0.15) is 0 Å². The first-order valence-corrected chi connectivity index (χ1v) is 10.6. The number of rotatable bonds is 7. The zero-order chi connectivity index (χ0) is 19.7. The molecule has 0 radical (unpaired) electrons. The van der Waals surface area contributed by atoms with E-state index in [4.69, 9.17) is 9.47 Å². The summed E-state index contributed by atoms with van der Waals surface area (Å²) >= 11 is 0. The molecule has 3 saturated heterocycles. The number of ether oxygens (including phenoxy) is 2. The van der Waals surface area contributed by atoms with Crippen molar-refractivity contribution in [1.29, 1.82) is 0 Å². The predicted octanol–water partition coefficient (Wildman–Crippen LogP) is 3.26. The fraction of sp³-hybridized carbons (Fsp3) is 0.609. The molecule has 5 heteroatoms. The lowest BCUT2D eigenvalue weighted by Crippen LogP contribution is -2.41. The molecule has 3 aliphatic rings. The number of hydrogen-bond donors (Lipinski definition) is 1. The molecule has 1 amide bonds. The van der Waals surface area contributed by atoms with Gasteiger partial charge in [-0.05, 0) is 51.8 Å². The minimum Gasteiger partial charge on any atom is -0.494 e. The van der Waals surface area contributed by atoms with Crippen LogP contribution in [-0.2, 0) is 4.74 Å². The van der Waals surface area contributed by atoms with E-state index in [2.05, 4.69) is 30.1 Å². The summed E-state index contributed by atoms with van der Waals surface area (Å²) in [5, 5.41) is 3.16. The fourth-order valence-electron chi connectivity index (χ4n) is 5.22. The van der Waals surface area contributed by atoms with Crippen molar-refractivity contribution in [2.45, 2.75) is 45.3 Å². The molecule has 1 aromatic rings. The Morgan fingerprint density at radius 3 is 3.07 bits per heavy atom. The quantitative estimate of drug-likeness (QED) is 0.733. The molecule has 0 unspecified atom stereocenters. The fourth-order valence-corrected chi connectivity index (χ4v) is 5.22. The number of carbonyl (C=O) groups is 1. The van der Waals surface area contributed by atoms with E-state index in [0.29, 0.717) is 36.7 Å². The van der Waals surface area contributed by atoms with Crippen LogP contribution in [0, 0.1) is 11.8 Å². The van der Waals surface area contributed by atoms with Gasteiger partial charge in [0, 0.05) is 43.6 Å². The van der Waals surface area contributed by atoms with Gasteiger partial charge in [0.15, 0.2) is 0 Å². The average molecular weight is 385 g/mol. The first-order valence-electron chi connectivity index (χ1n) is 10.6. The number of benzene rings is 1. The van der Waals surface area contributed by atoms with Gasteiger partial charge in [-0.1, -0.05) is 17.7 Å². The van der Waals surface area contributed by atoms with Gasteiger partial charge in [0.1, 0.15) is 5.75 Å². The van der Waals surface area contributed by atoms with E-state index in [1.165, 1.54) is 5.57 Å². The van der Waals surface area contributed by atoms with Gasteiger partial charge in [0.25, 0.3) is 5.91 Å². The third-order valence-electron chi connectivity index (χ3n) is 6.52. The molecule has 3 heterocycles. The lowest BCUT2D eigenvalue weighted by Gasteiger charge is -2.29. The largest absolute Gasteiger partial charge is 0.494 e. The molecular weight excluding hydrogens is 352 g/mol. The van der Waals surface area contributed by atoms with Crippen LogP contribution in [0.25, 0.3) is 0 Å². The molecule has 0 aliphatic carbocycles.